The molecule has 1 amide bonds. The number of rotatable bonds is 6. The number of anilines is 1. The van der Waals surface area contributed by atoms with Crippen LogP contribution in [0.3, 0.4) is 0 Å². The SMILES string of the molecule is CCc1cc(NC(=O)CCOc2ccc(Cl)c(Cl)c2)n[nH]1. The second-order valence-electron chi connectivity index (χ2n) is 4.35. The number of hydrogen-bond donors (Lipinski definition) is 2. The number of ether oxygens (including phenoxy) is 1. The van der Waals surface area contributed by atoms with Crippen LogP contribution in [0, 0.1) is 0 Å². The smallest absolute Gasteiger partial charge is 0.229 e. The molecule has 5 nitrogen and oxygen atoms in total. The van der Waals surface area contributed by atoms with Crippen molar-refractivity contribution in [3.8, 4) is 5.75 Å². The molecule has 2 aromatic rings. The van der Waals surface area contributed by atoms with E-state index >= 15 is 0 Å². The molecule has 1 aromatic heterocycles. The maximum atomic E-state index is 11.7. The summed E-state index contributed by atoms with van der Waals surface area (Å²) in [4.78, 5) is 11.7. The van der Waals surface area contributed by atoms with Crippen molar-refractivity contribution >= 4 is 34.9 Å². The molecular formula is C14H15Cl2N3O2. The summed E-state index contributed by atoms with van der Waals surface area (Å²) in [5, 5.41) is 10.4. The van der Waals surface area contributed by atoms with Gasteiger partial charge in [-0.1, -0.05) is 30.1 Å². The number of nitrogens with zero attached hydrogens (tertiary/aromatic N) is 1. The number of H-pyrrole nitrogens is 1. The first-order chi connectivity index (χ1) is 10.1. The molecule has 0 unspecified atom stereocenters. The summed E-state index contributed by atoms with van der Waals surface area (Å²) in [6.45, 7) is 2.25. The number of carbonyl (C=O) groups excluding carboxylic acids is 1. The van der Waals surface area contributed by atoms with Crippen LogP contribution in [0.25, 0.3) is 0 Å². The topological polar surface area (TPSA) is 67.0 Å². The Balaban J connectivity index is 1.77. The van der Waals surface area contributed by atoms with Crippen LogP contribution in [0.1, 0.15) is 19.0 Å². The molecule has 0 aliphatic rings. The molecule has 0 radical (unpaired) electrons. The van der Waals surface area contributed by atoms with Gasteiger partial charge < -0.3 is 10.1 Å². The lowest BCUT2D eigenvalue weighted by Crippen LogP contribution is -2.15. The Labute approximate surface area is 132 Å². The average Bonchev–Trinajstić information content (AvgIpc) is 2.90. The van der Waals surface area contributed by atoms with Crippen LogP contribution in [0.5, 0.6) is 5.75 Å². The maximum absolute atomic E-state index is 11.7. The lowest BCUT2D eigenvalue weighted by atomic mass is 10.3. The number of hydrogen-bond acceptors (Lipinski definition) is 3. The van der Waals surface area contributed by atoms with Crippen molar-refractivity contribution in [2.45, 2.75) is 19.8 Å². The van der Waals surface area contributed by atoms with Gasteiger partial charge in [-0.15, -0.1) is 0 Å². The zero-order valence-corrected chi connectivity index (χ0v) is 13.0. The standard InChI is InChI=1S/C14H15Cl2N3O2/c1-2-9-7-13(19-18-9)17-14(20)5-6-21-10-3-4-11(15)12(16)8-10/h3-4,7-8H,2,5-6H2,1H3,(H2,17,18,19,20). The molecule has 7 heteroatoms. The summed E-state index contributed by atoms with van der Waals surface area (Å²) in [6.07, 6.45) is 1.05. The van der Waals surface area contributed by atoms with Crippen LogP contribution in [-0.4, -0.2) is 22.7 Å². The van der Waals surface area contributed by atoms with E-state index in [-0.39, 0.29) is 18.9 Å². The second kappa shape index (κ2) is 7.33. The molecule has 1 heterocycles. The molecule has 1 aromatic carbocycles. The Morgan fingerprint density at radius 2 is 2.14 bits per heavy atom. The molecule has 112 valence electrons. The lowest BCUT2D eigenvalue weighted by Gasteiger charge is -2.07. The van der Waals surface area contributed by atoms with Gasteiger partial charge in [0.1, 0.15) is 5.75 Å². The molecule has 0 fully saturated rings. The number of aryl methyl sites for hydroxylation is 1. The number of amides is 1. The highest BCUT2D eigenvalue weighted by atomic mass is 35.5. The van der Waals surface area contributed by atoms with E-state index < -0.39 is 0 Å². The van der Waals surface area contributed by atoms with Crippen molar-refractivity contribution in [2.24, 2.45) is 0 Å². The first-order valence-electron chi connectivity index (χ1n) is 6.50. The fraction of sp³-hybridized carbons (Fsp3) is 0.286. The molecule has 0 bridgehead atoms. The average molecular weight is 328 g/mol. The summed E-state index contributed by atoms with van der Waals surface area (Å²) >= 11 is 11.7. The fourth-order valence-corrected chi connectivity index (χ4v) is 1.93. The molecule has 0 aliphatic carbocycles. The van der Waals surface area contributed by atoms with Crippen LogP contribution >= 0.6 is 23.2 Å². The van der Waals surface area contributed by atoms with Crippen molar-refractivity contribution in [3.63, 3.8) is 0 Å². The van der Waals surface area contributed by atoms with Gasteiger partial charge in [-0.05, 0) is 18.6 Å². The molecule has 0 aliphatic heterocycles. The summed E-state index contributed by atoms with van der Waals surface area (Å²) in [7, 11) is 0. The quantitative estimate of drug-likeness (QED) is 0.850. The van der Waals surface area contributed by atoms with Gasteiger partial charge in [0.2, 0.25) is 5.91 Å². The molecule has 0 atom stereocenters. The Bertz CT molecular complexity index is 628. The minimum atomic E-state index is -0.163. The zero-order valence-electron chi connectivity index (χ0n) is 11.5. The number of aromatic amines is 1. The number of nitrogens with one attached hydrogen (secondary N) is 2. The van der Waals surface area contributed by atoms with Crippen LogP contribution < -0.4 is 10.1 Å². The van der Waals surface area contributed by atoms with E-state index in [4.69, 9.17) is 27.9 Å². The third kappa shape index (κ3) is 4.65. The molecule has 2 N–H and O–H groups in total. The lowest BCUT2D eigenvalue weighted by molar-refractivity contribution is -0.116. The number of halogens is 2. The van der Waals surface area contributed by atoms with Crippen molar-refractivity contribution in [1.29, 1.82) is 0 Å². The number of benzene rings is 1. The maximum Gasteiger partial charge on any atom is 0.229 e. The summed E-state index contributed by atoms with van der Waals surface area (Å²) < 4.78 is 5.44. The highest BCUT2D eigenvalue weighted by Crippen LogP contribution is 2.26. The van der Waals surface area contributed by atoms with Gasteiger partial charge in [0.25, 0.3) is 0 Å². The largest absolute Gasteiger partial charge is 0.493 e. The Hall–Kier alpha value is -1.72. The fourth-order valence-electron chi connectivity index (χ4n) is 1.64. The molecule has 0 spiro atoms. The minimum absolute atomic E-state index is 0.163. The number of aromatic nitrogens is 2. The first kappa shape index (κ1) is 15.7. The highest BCUT2D eigenvalue weighted by Gasteiger charge is 2.06. The van der Waals surface area contributed by atoms with Crippen molar-refractivity contribution in [2.75, 3.05) is 11.9 Å². The van der Waals surface area contributed by atoms with Crippen molar-refractivity contribution in [3.05, 3.63) is 40.0 Å². The van der Waals surface area contributed by atoms with Gasteiger partial charge in [0, 0.05) is 17.8 Å². The van der Waals surface area contributed by atoms with Crippen LogP contribution in [0.15, 0.2) is 24.3 Å². The van der Waals surface area contributed by atoms with Crippen LogP contribution in [0.2, 0.25) is 10.0 Å². The van der Waals surface area contributed by atoms with Gasteiger partial charge in [0.05, 0.1) is 23.1 Å². The van der Waals surface area contributed by atoms with Gasteiger partial charge in [-0.25, -0.2) is 0 Å². The van der Waals surface area contributed by atoms with Crippen molar-refractivity contribution in [1.82, 2.24) is 10.2 Å². The summed E-state index contributed by atoms with van der Waals surface area (Å²) in [5.41, 5.74) is 0.970. The first-order valence-corrected chi connectivity index (χ1v) is 7.26. The number of carbonyl (C=O) groups is 1. The van der Waals surface area contributed by atoms with E-state index in [0.29, 0.717) is 21.6 Å². The van der Waals surface area contributed by atoms with Crippen molar-refractivity contribution < 1.29 is 9.53 Å². The van der Waals surface area contributed by atoms with Crippen LogP contribution in [0.4, 0.5) is 5.82 Å². The minimum Gasteiger partial charge on any atom is -0.493 e. The monoisotopic (exact) mass is 327 g/mol. The molecule has 21 heavy (non-hydrogen) atoms. The van der Waals surface area contributed by atoms with Gasteiger partial charge >= 0.3 is 0 Å². The van der Waals surface area contributed by atoms with E-state index in [2.05, 4.69) is 15.5 Å². The van der Waals surface area contributed by atoms with Crippen LogP contribution in [-0.2, 0) is 11.2 Å². The highest BCUT2D eigenvalue weighted by molar-refractivity contribution is 6.42. The van der Waals surface area contributed by atoms with E-state index in [1.54, 1.807) is 24.3 Å². The van der Waals surface area contributed by atoms with E-state index in [0.717, 1.165) is 12.1 Å². The van der Waals surface area contributed by atoms with Gasteiger partial charge in [-0.2, -0.15) is 5.10 Å². The van der Waals surface area contributed by atoms with E-state index in [1.165, 1.54) is 0 Å². The third-order valence-electron chi connectivity index (χ3n) is 2.77. The molecule has 0 saturated heterocycles. The normalized spacial score (nSPS) is 10.4. The Morgan fingerprint density at radius 3 is 2.81 bits per heavy atom. The molecule has 2 rings (SSSR count). The predicted molar refractivity (Wildman–Crippen MR) is 83.2 cm³/mol. The van der Waals surface area contributed by atoms with Gasteiger partial charge in [-0.3, -0.25) is 9.89 Å². The van der Waals surface area contributed by atoms with Gasteiger partial charge in [0.15, 0.2) is 5.82 Å². The second-order valence-corrected chi connectivity index (χ2v) is 5.17. The molecule has 0 saturated carbocycles. The Morgan fingerprint density at radius 1 is 1.33 bits per heavy atom. The third-order valence-corrected chi connectivity index (χ3v) is 3.51. The predicted octanol–water partition coefficient (Wildman–Crippen LogP) is 3.69. The molecular weight excluding hydrogens is 313 g/mol. The van der Waals surface area contributed by atoms with E-state index in [9.17, 15) is 4.79 Å². The summed E-state index contributed by atoms with van der Waals surface area (Å²) in [6, 6.07) is 6.77. The van der Waals surface area contributed by atoms with E-state index in [1.807, 2.05) is 6.92 Å². The Kier molecular flexibility index (Phi) is 5.47. The summed E-state index contributed by atoms with van der Waals surface area (Å²) in [5.74, 6) is 0.931. The zero-order chi connectivity index (χ0) is 15.2.